The standard InChI is InChI=1S/C12H15BrO2/c13-9-11(8-12(14)15)7-6-10-4-2-1-3-5-10/h1-5,11H,6-9H2,(H,14,15). The lowest BCUT2D eigenvalue weighted by molar-refractivity contribution is -0.137. The van der Waals surface area contributed by atoms with E-state index in [0.29, 0.717) is 0 Å². The molecule has 1 rings (SSSR count). The second kappa shape index (κ2) is 6.62. The van der Waals surface area contributed by atoms with E-state index in [1.54, 1.807) is 0 Å². The van der Waals surface area contributed by atoms with E-state index in [1.165, 1.54) is 5.56 Å². The van der Waals surface area contributed by atoms with Crippen molar-refractivity contribution in [2.24, 2.45) is 5.92 Å². The van der Waals surface area contributed by atoms with Crippen LogP contribution in [0.1, 0.15) is 18.4 Å². The summed E-state index contributed by atoms with van der Waals surface area (Å²) in [4.78, 5) is 10.6. The largest absolute Gasteiger partial charge is 0.481 e. The summed E-state index contributed by atoms with van der Waals surface area (Å²) in [6.07, 6.45) is 2.12. The minimum Gasteiger partial charge on any atom is -0.481 e. The number of rotatable bonds is 6. The van der Waals surface area contributed by atoms with Crippen molar-refractivity contribution in [2.45, 2.75) is 19.3 Å². The van der Waals surface area contributed by atoms with E-state index in [1.807, 2.05) is 18.2 Å². The van der Waals surface area contributed by atoms with Crippen LogP contribution in [-0.2, 0) is 11.2 Å². The minimum atomic E-state index is -0.715. The Balaban J connectivity index is 2.37. The molecule has 2 nitrogen and oxygen atoms in total. The summed E-state index contributed by atoms with van der Waals surface area (Å²) in [5, 5.41) is 9.45. The van der Waals surface area contributed by atoms with Crippen molar-refractivity contribution in [3.63, 3.8) is 0 Å². The summed E-state index contributed by atoms with van der Waals surface area (Å²) in [6.45, 7) is 0. The fraction of sp³-hybridized carbons (Fsp3) is 0.417. The predicted molar refractivity (Wildman–Crippen MR) is 64.3 cm³/mol. The van der Waals surface area contributed by atoms with Crippen molar-refractivity contribution in [2.75, 3.05) is 5.33 Å². The molecule has 0 fully saturated rings. The van der Waals surface area contributed by atoms with Crippen LogP contribution in [0.4, 0.5) is 0 Å². The number of aryl methyl sites for hydroxylation is 1. The van der Waals surface area contributed by atoms with E-state index in [4.69, 9.17) is 5.11 Å². The molecule has 0 aliphatic rings. The SMILES string of the molecule is O=C(O)CC(CBr)CCc1ccccc1. The highest BCUT2D eigenvalue weighted by Crippen LogP contribution is 2.15. The van der Waals surface area contributed by atoms with Crippen molar-refractivity contribution in [3.8, 4) is 0 Å². The maximum Gasteiger partial charge on any atom is 0.303 e. The lowest BCUT2D eigenvalue weighted by atomic mass is 9.98. The smallest absolute Gasteiger partial charge is 0.303 e. The van der Waals surface area contributed by atoms with Gasteiger partial charge in [0.05, 0.1) is 0 Å². The van der Waals surface area contributed by atoms with Crippen LogP contribution < -0.4 is 0 Å². The molecule has 0 aliphatic heterocycles. The maximum absolute atomic E-state index is 10.6. The Morgan fingerprint density at radius 3 is 2.53 bits per heavy atom. The number of hydrogen-bond donors (Lipinski definition) is 1. The van der Waals surface area contributed by atoms with E-state index >= 15 is 0 Å². The summed E-state index contributed by atoms with van der Waals surface area (Å²) in [5.41, 5.74) is 1.27. The summed E-state index contributed by atoms with van der Waals surface area (Å²) in [7, 11) is 0. The highest BCUT2D eigenvalue weighted by Gasteiger charge is 2.11. The van der Waals surface area contributed by atoms with Gasteiger partial charge < -0.3 is 5.11 Å². The molecular weight excluding hydrogens is 256 g/mol. The van der Waals surface area contributed by atoms with Gasteiger partial charge in [-0.25, -0.2) is 0 Å². The second-order valence-corrected chi connectivity index (χ2v) is 4.29. The summed E-state index contributed by atoms with van der Waals surface area (Å²) < 4.78 is 0. The zero-order valence-electron chi connectivity index (χ0n) is 8.53. The number of aliphatic carboxylic acids is 1. The summed E-state index contributed by atoms with van der Waals surface area (Å²) in [6, 6.07) is 10.2. The third-order valence-corrected chi connectivity index (χ3v) is 3.28. The Kier molecular flexibility index (Phi) is 5.40. The van der Waals surface area contributed by atoms with Gasteiger partial charge in [-0.1, -0.05) is 46.3 Å². The van der Waals surface area contributed by atoms with Gasteiger partial charge in [0.1, 0.15) is 0 Å². The van der Waals surface area contributed by atoms with Crippen molar-refractivity contribution in [3.05, 3.63) is 35.9 Å². The van der Waals surface area contributed by atoms with Gasteiger partial charge in [0.15, 0.2) is 0 Å². The van der Waals surface area contributed by atoms with E-state index < -0.39 is 5.97 Å². The van der Waals surface area contributed by atoms with Crippen LogP contribution in [0.25, 0.3) is 0 Å². The van der Waals surface area contributed by atoms with Gasteiger partial charge in [-0.05, 0) is 24.3 Å². The maximum atomic E-state index is 10.6. The van der Waals surface area contributed by atoms with Crippen LogP contribution in [0.2, 0.25) is 0 Å². The van der Waals surface area contributed by atoms with Crippen LogP contribution in [0.3, 0.4) is 0 Å². The molecule has 0 saturated carbocycles. The topological polar surface area (TPSA) is 37.3 Å². The predicted octanol–water partition coefficient (Wildman–Crippen LogP) is 3.11. The first-order valence-corrected chi connectivity index (χ1v) is 6.16. The molecular formula is C12H15BrO2. The van der Waals surface area contributed by atoms with Crippen molar-refractivity contribution in [1.29, 1.82) is 0 Å². The Labute approximate surface area is 98.4 Å². The first-order valence-electron chi connectivity index (χ1n) is 5.04. The highest BCUT2D eigenvalue weighted by atomic mass is 79.9. The fourth-order valence-electron chi connectivity index (χ4n) is 1.50. The average Bonchev–Trinajstić information content (AvgIpc) is 2.25. The monoisotopic (exact) mass is 270 g/mol. The molecule has 0 radical (unpaired) electrons. The zero-order chi connectivity index (χ0) is 11.1. The molecule has 0 aliphatic carbocycles. The molecule has 0 bridgehead atoms. The molecule has 1 atom stereocenters. The number of carboxylic acids is 1. The van der Waals surface area contributed by atoms with Crippen molar-refractivity contribution in [1.82, 2.24) is 0 Å². The van der Waals surface area contributed by atoms with E-state index in [2.05, 4.69) is 28.1 Å². The van der Waals surface area contributed by atoms with Crippen LogP contribution >= 0.6 is 15.9 Å². The van der Waals surface area contributed by atoms with Crippen LogP contribution in [-0.4, -0.2) is 16.4 Å². The minimum absolute atomic E-state index is 0.225. The number of halogens is 1. The molecule has 82 valence electrons. The molecule has 15 heavy (non-hydrogen) atoms. The summed E-state index contributed by atoms with van der Waals surface area (Å²) >= 11 is 3.35. The lowest BCUT2D eigenvalue weighted by Crippen LogP contribution is -2.10. The molecule has 0 amide bonds. The van der Waals surface area contributed by atoms with Gasteiger partial charge in [-0.15, -0.1) is 0 Å². The second-order valence-electron chi connectivity index (χ2n) is 3.64. The molecule has 0 aromatic heterocycles. The first kappa shape index (κ1) is 12.2. The molecule has 1 aromatic carbocycles. The number of carbonyl (C=O) groups is 1. The normalized spacial score (nSPS) is 12.3. The van der Waals surface area contributed by atoms with Crippen LogP contribution in [0.15, 0.2) is 30.3 Å². The molecule has 0 spiro atoms. The van der Waals surface area contributed by atoms with E-state index in [9.17, 15) is 4.79 Å². The molecule has 1 aromatic rings. The van der Waals surface area contributed by atoms with Crippen molar-refractivity contribution >= 4 is 21.9 Å². The van der Waals surface area contributed by atoms with Crippen LogP contribution in [0.5, 0.6) is 0 Å². The molecule has 0 saturated heterocycles. The number of benzene rings is 1. The Morgan fingerprint density at radius 1 is 1.33 bits per heavy atom. The zero-order valence-corrected chi connectivity index (χ0v) is 10.1. The molecule has 1 unspecified atom stereocenters. The van der Waals surface area contributed by atoms with E-state index in [0.717, 1.165) is 18.2 Å². The van der Waals surface area contributed by atoms with Gasteiger partial charge in [0.25, 0.3) is 0 Å². The van der Waals surface area contributed by atoms with Gasteiger partial charge in [0.2, 0.25) is 0 Å². The Bertz CT molecular complexity index is 298. The molecule has 3 heteroatoms. The summed E-state index contributed by atoms with van der Waals surface area (Å²) in [5.74, 6) is -0.491. The van der Waals surface area contributed by atoms with Gasteiger partial charge in [0, 0.05) is 11.8 Å². The van der Waals surface area contributed by atoms with Gasteiger partial charge in [-0.2, -0.15) is 0 Å². The van der Waals surface area contributed by atoms with E-state index in [-0.39, 0.29) is 12.3 Å². The molecule has 0 heterocycles. The first-order chi connectivity index (χ1) is 7.22. The Hall–Kier alpha value is -0.830. The number of hydrogen-bond acceptors (Lipinski definition) is 1. The number of carboxylic acid groups (broad SMARTS) is 1. The van der Waals surface area contributed by atoms with Crippen molar-refractivity contribution < 1.29 is 9.90 Å². The number of alkyl halides is 1. The van der Waals surface area contributed by atoms with Crippen LogP contribution in [0, 0.1) is 5.92 Å². The third kappa shape index (κ3) is 4.98. The highest BCUT2D eigenvalue weighted by molar-refractivity contribution is 9.09. The van der Waals surface area contributed by atoms with Gasteiger partial charge in [-0.3, -0.25) is 4.79 Å². The third-order valence-electron chi connectivity index (χ3n) is 2.37. The quantitative estimate of drug-likeness (QED) is 0.807. The Morgan fingerprint density at radius 2 is 2.00 bits per heavy atom. The lowest BCUT2D eigenvalue weighted by Gasteiger charge is -2.10. The fourth-order valence-corrected chi connectivity index (χ4v) is 2.05. The average molecular weight is 271 g/mol. The molecule has 1 N–H and O–H groups in total. The van der Waals surface area contributed by atoms with Gasteiger partial charge >= 0.3 is 5.97 Å².